The van der Waals surface area contributed by atoms with Crippen molar-refractivity contribution < 1.29 is 29.0 Å². The first-order valence-electron chi connectivity index (χ1n) is 10.5. The molecule has 2 N–H and O–H groups in total. The van der Waals surface area contributed by atoms with Gasteiger partial charge in [0.05, 0.1) is 39.5 Å². The largest absolute Gasteiger partial charge is 0.545 e. The van der Waals surface area contributed by atoms with E-state index in [4.69, 9.17) is 51.1 Å². The number of ether oxygens (including phenoxy) is 1. The van der Waals surface area contributed by atoms with Gasteiger partial charge in [0.2, 0.25) is 0 Å². The monoisotopic (exact) mass is 592 g/mol. The van der Waals surface area contributed by atoms with Crippen LogP contribution in [-0.2, 0) is 9.59 Å². The standard InChI is InChI=1S/C25H15Cl4N3O6/c1-38-19-10-18(17(28)9-14(19)25(36)37)31-22(33)11-3-2-4-12(7-11)30-21-20(29)23(34)32(24(21)35)13-5-6-15(26)16(27)8-13/h2-10,30H,1H3,(H,31,33)(H,36,37)/p-1. The van der Waals surface area contributed by atoms with Crippen molar-refractivity contribution in [2.24, 2.45) is 0 Å². The van der Waals surface area contributed by atoms with Crippen LogP contribution in [0, 0.1) is 0 Å². The third-order valence-electron chi connectivity index (χ3n) is 5.34. The number of benzene rings is 3. The number of hydrogen-bond acceptors (Lipinski definition) is 7. The van der Waals surface area contributed by atoms with E-state index in [1.165, 1.54) is 49.6 Å². The molecular formula is C25H14Cl4N3O6-. The zero-order chi connectivity index (χ0) is 27.7. The van der Waals surface area contributed by atoms with Gasteiger partial charge in [-0.2, -0.15) is 0 Å². The molecule has 0 saturated carbocycles. The fourth-order valence-electron chi connectivity index (χ4n) is 3.52. The Labute approximate surface area is 235 Å². The molecule has 0 bridgehead atoms. The van der Waals surface area contributed by atoms with Crippen LogP contribution in [0.2, 0.25) is 15.1 Å². The molecule has 1 heterocycles. The van der Waals surface area contributed by atoms with Crippen LogP contribution in [0.5, 0.6) is 5.75 Å². The molecule has 3 aromatic carbocycles. The molecule has 194 valence electrons. The SMILES string of the molecule is COc1cc(NC(=O)c2cccc(NC3=C(Cl)C(=O)N(c4ccc(Cl)c(Cl)c4)C3=O)c2)c(Cl)cc1C(=O)[O-]. The van der Waals surface area contributed by atoms with Gasteiger partial charge >= 0.3 is 0 Å². The van der Waals surface area contributed by atoms with Crippen LogP contribution in [0.15, 0.2) is 65.3 Å². The van der Waals surface area contributed by atoms with E-state index in [9.17, 15) is 24.3 Å². The third kappa shape index (κ3) is 5.27. The summed E-state index contributed by atoms with van der Waals surface area (Å²) < 4.78 is 5.03. The van der Waals surface area contributed by atoms with Crippen LogP contribution in [0.4, 0.5) is 17.1 Å². The molecule has 0 unspecified atom stereocenters. The Morgan fingerprint density at radius 3 is 2.29 bits per heavy atom. The van der Waals surface area contributed by atoms with Crippen LogP contribution in [0.3, 0.4) is 0 Å². The van der Waals surface area contributed by atoms with Crippen LogP contribution in [-0.4, -0.2) is 30.8 Å². The molecule has 0 saturated heterocycles. The maximum Gasteiger partial charge on any atom is 0.283 e. The predicted molar refractivity (Wildman–Crippen MR) is 142 cm³/mol. The summed E-state index contributed by atoms with van der Waals surface area (Å²) in [5, 5.41) is 16.6. The molecule has 3 amide bonds. The fraction of sp³-hybridized carbons (Fsp3) is 0.0400. The molecule has 0 spiro atoms. The molecule has 4 rings (SSSR count). The quantitative estimate of drug-likeness (QED) is 0.380. The third-order valence-corrected chi connectivity index (χ3v) is 6.74. The molecular weight excluding hydrogens is 580 g/mol. The van der Waals surface area contributed by atoms with E-state index in [1.807, 2.05) is 0 Å². The van der Waals surface area contributed by atoms with Gasteiger partial charge in [-0.1, -0.05) is 52.5 Å². The number of carboxylic acid groups (broad SMARTS) is 1. The molecule has 38 heavy (non-hydrogen) atoms. The van der Waals surface area contributed by atoms with Gasteiger partial charge in [0, 0.05) is 22.9 Å². The van der Waals surface area contributed by atoms with Gasteiger partial charge in [0.15, 0.2) is 0 Å². The van der Waals surface area contributed by atoms with E-state index in [2.05, 4.69) is 10.6 Å². The second-order valence-corrected chi connectivity index (χ2v) is 9.31. The van der Waals surface area contributed by atoms with Gasteiger partial charge in [-0.3, -0.25) is 14.4 Å². The first kappa shape index (κ1) is 27.3. The summed E-state index contributed by atoms with van der Waals surface area (Å²) >= 11 is 24.2. The molecule has 1 aliphatic heterocycles. The maximum atomic E-state index is 13.0. The zero-order valence-corrected chi connectivity index (χ0v) is 22.1. The van der Waals surface area contributed by atoms with Gasteiger partial charge in [-0.15, -0.1) is 0 Å². The Kier molecular flexibility index (Phi) is 7.84. The lowest BCUT2D eigenvalue weighted by Gasteiger charge is -2.16. The van der Waals surface area contributed by atoms with Crippen molar-refractivity contribution in [3.05, 3.63) is 91.5 Å². The number of carboxylic acids is 1. The molecule has 1 aliphatic rings. The van der Waals surface area contributed by atoms with Crippen molar-refractivity contribution in [2.45, 2.75) is 0 Å². The number of anilines is 3. The minimum atomic E-state index is -1.49. The Hall–Kier alpha value is -3.76. The lowest BCUT2D eigenvalue weighted by atomic mass is 10.1. The molecule has 0 radical (unpaired) electrons. The van der Waals surface area contributed by atoms with Crippen molar-refractivity contribution >= 4 is 87.2 Å². The maximum absolute atomic E-state index is 13.0. The fourth-order valence-corrected chi connectivity index (χ4v) is 4.24. The van der Waals surface area contributed by atoms with E-state index < -0.39 is 23.7 Å². The first-order valence-corrected chi connectivity index (χ1v) is 12.0. The zero-order valence-electron chi connectivity index (χ0n) is 19.1. The summed E-state index contributed by atoms with van der Waals surface area (Å²) in [7, 11) is 1.26. The highest BCUT2D eigenvalue weighted by Crippen LogP contribution is 2.34. The highest BCUT2D eigenvalue weighted by Gasteiger charge is 2.39. The summed E-state index contributed by atoms with van der Waals surface area (Å²) in [6, 6.07) is 12.6. The van der Waals surface area contributed by atoms with Crippen LogP contribution < -0.4 is 25.4 Å². The van der Waals surface area contributed by atoms with Crippen molar-refractivity contribution in [3.8, 4) is 5.75 Å². The minimum Gasteiger partial charge on any atom is -0.545 e. The number of carbonyl (C=O) groups excluding carboxylic acids is 4. The normalized spacial score (nSPS) is 13.1. The summed E-state index contributed by atoms with van der Waals surface area (Å²) in [5.74, 6) is -3.66. The number of aromatic carboxylic acids is 1. The second-order valence-electron chi connectivity index (χ2n) is 7.71. The van der Waals surface area contributed by atoms with E-state index in [0.29, 0.717) is 0 Å². The van der Waals surface area contributed by atoms with Crippen molar-refractivity contribution in [1.82, 2.24) is 0 Å². The highest BCUT2D eigenvalue weighted by molar-refractivity contribution is 6.53. The van der Waals surface area contributed by atoms with Gasteiger partial charge in [0.25, 0.3) is 17.7 Å². The summed E-state index contributed by atoms with van der Waals surface area (Å²) in [6.45, 7) is 0. The van der Waals surface area contributed by atoms with E-state index >= 15 is 0 Å². The number of rotatable bonds is 7. The lowest BCUT2D eigenvalue weighted by molar-refractivity contribution is -0.255. The summed E-state index contributed by atoms with van der Waals surface area (Å²) in [6.07, 6.45) is 0. The van der Waals surface area contributed by atoms with Crippen LogP contribution in [0.1, 0.15) is 20.7 Å². The van der Waals surface area contributed by atoms with Gasteiger partial charge < -0.3 is 25.3 Å². The number of halogens is 4. The van der Waals surface area contributed by atoms with Gasteiger partial charge in [-0.25, -0.2) is 4.90 Å². The lowest BCUT2D eigenvalue weighted by Crippen LogP contribution is -2.32. The average Bonchev–Trinajstić information content (AvgIpc) is 3.09. The molecule has 13 heteroatoms. The van der Waals surface area contributed by atoms with Gasteiger partial charge in [0.1, 0.15) is 16.5 Å². The molecule has 9 nitrogen and oxygen atoms in total. The Morgan fingerprint density at radius 1 is 0.895 bits per heavy atom. The predicted octanol–water partition coefficient (Wildman–Crippen LogP) is 4.71. The Morgan fingerprint density at radius 2 is 1.63 bits per heavy atom. The van der Waals surface area contributed by atoms with Crippen LogP contribution in [0.25, 0.3) is 0 Å². The average molecular weight is 594 g/mol. The number of methoxy groups -OCH3 is 1. The van der Waals surface area contributed by atoms with Gasteiger partial charge in [-0.05, 0) is 42.5 Å². The highest BCUT2D eigenvalue weighted by atomic mass is 35.5. The Balaban J connectivity index is 1.56. The molecule has 0 aliphatic carbocycles. The number of nitrogens with one attached hydrogen (secondary N) is 2. The molecule has 0 fully saturated rings. The van der Waals surface area contributed by atoms with Crippen molar-refractivity contribution in [3.63, 3.8) is 0 Å². The minimum absolute atomic E-state index is 0.0537. The van der Waals surface area contributed by atoms with E-state index in [0.717, 1.165) is 11.0 Å². The smallest absolute Gasteiger partial charge is 0.283 e. The second kappa shape index (κ2) is 10.9. The topological polar surface area (TPSA) is 128 Å². The van der Waals surface area contributed by atoms with Crippen molar-refractivity contribution in [2.75, 3.05) is 22.6 Å². The summed E-state index contributed by atoms with van der Waals surface area (Å²) in [5.41, 5.74) is 0.206. The summed E-state index contributed by atoms with van der Waals surface area (Å²) in [4.78, 5) is 50.7. The number of imide groups is 1. The molecule has 3 aromatic rings. The van der Waals surface area contributed by atoms with Crippen molar-refractivity contribution in [1.29, 1.82) is 0 Å². The molecule has 0 atom stereocenters. The first-order chi connectivity index (χ1) is 18.0. The number of amides is 3. The number of carbonyl (C=O) groups is 4. The number of nitrogens with zero attached hydrogens (tertiary/aromatic N) is 1. The number of hydrogen-bond donors (Lipinski definition) is 2. The van der Waals surface area contributed by atoms with Crippen LogP contribution >= 0.6 is 46.4 Å². The van der Waals surface area contributed by atoms with E-state index in [-0.39, 0.29) is 59.7 Å². The Bertz CT molecular complexity index is 1560. The van der Waals surface area contributed by atoms with E-state index in [1.54, 1.807) is 6.07 Å². The molecule has 0 aromatic heterocycles.